The first-order chi connectivity index (χ1) is 17.5. The number of nitrogens with one attached hydrogen (secondary N) is 3. The number of nitrogens with zero attached hydrogens (tertiary/aromatic N) is 3. The maximum absolute atomic E-state index is 12.2. The second-order valence-electron chi connectivity index (χ2n) is 9.96. The fourth-order valence-electron chi connectivity index (χ4n) is 3.76. The van der Waals surface area contributed by atoms with Gasteiger partial charge < -0.3 is 26.1 Å². The number of nitrogen functional groups attached to an aromatic ring is 1. The van der Waals surface area contributed by atoms with Crippen LogP contribution in [0.4, 0.5) is 11.6 Å². The second kappa shape index (κ2) is 11.7. The maximum atomic E-state index is 12.2. The summed E-state index contributed by atoms with van der Waals surface area (Å²) in [6.07, 6.45) is 10.1. The van der Waals surface area contributed by atoms with Crippen LogP contribution >= 0.6 is 0 Å². The van der Waals surface area contributed by atoms with Gasteiger partial charge in [0.2, 0.25) is 0 Å². The van der Waals surface area contributed by atoms with E-state index in [1.807, 2.05) is 39.0 Å². The van der Waals surface area contributed by atoms with Gasteiger partial charge in [0.15, 0.2) is 0 Å². The standard InChI is InChI=1S/C27H36N8O2/c1-27(2,3)21(37-30)14-15-31-19-10-12-20(13-11-19)34-25-22(24(29)32-16-33-25)23(28)17-6-8-18(9-7-17)26(36)35(4)5/h6-12,14,16,20,28,31H,13,15,30H2,1-5H3,(H3,29,32,33,34)/b21-14-,28-23?. The van der Waals surface area contributed by atoms with Gasteiger partial charge in [0, 0.05) is 48.9 Å². The van der Waals surface area contributed by atoms with E-state index in [1.165, 1.54) is 11.2 Å². The lowest BCUT2D eigenvalue weighted by molar-refractivity contribution is 0.0827. The molecule has 1 aromatic heterocycles. The number of rotatable bonds is 9. The molecule has 1 heterocycles. The third-order valence-corrected chi connectivity index (χ3v) is 5.84. The Balaban J connectivity index is 1.69. The minimum atomic E-state index is -0.168. The van der Waals surface area contributed by atoms with Crippen molar-refractivity contribution < 1.29 is 9.63 Å². The Morgan fingerprint density at radius 2 is 1.89 bits per heavy atom. The van der Waals surface area contributed by atoms with Crippen LogP contribution in [-0.2, 0) is 4.84 Å². The third-order valence-electron chi connectivity index (χ3n) is 5.84. The van der Waals surface area contributed by atoms with Crippen LogP contribution in [-0.4, -0.2) is 53.2 Å². The van der Waals surface area contributed by atoms with E-state index in [1.54, 1.807) is 38.4 Å². The van der Waals surface area contributed by atoms with E-state index >= 15 is 0 Å². The second-order valence-corrected chi connectivity index (χ2v) is 9.96. The SMILES string of the molecule is CN(C)C(=O)c1ccc(C(=N)c2c(N)ncnc2NC2C=CC(NC/C=C(\ON)C(C)(C)C)=CC2)cc1. The Kier molecular flexibility index (Phi) is 8.67. The molecule has 37 heavy (non-hydrogen) atoms. The lowest BCUT2D eigenvalue weighted by Gasteiger charge is -2.22. The van der Waals surface area contributed by atoms with E-state index in [4.69, 9.17) is 21.9 Å². The molecule has 1 atom stereocenters. The molecule has 1 aliphatic rings. The average molecular weight is 505 g/mol. The molecule has 7 N–H and O–H groups in total. The summed E-state index contributed by atoms with van der Waals surface area (Å²) in [5.74, 6) is 6.69. The fourth-order valence-corrected chi connectivity index (χ4v) is 3.76. The van der Waals surface area contributed by atoms with Crippen molar-refractivity contribution in [2.45, 2.75) is 33.2 Å². The third kappa shape index (κ3) is 6.95. The summed E-state index contributed by atoms with van der Waals surface area (Å²) in [7, 11) is 3.39. The van der Waals surface area contributed by atoms with Gasteiger partial charge in [-0.3, -0.25) is 10.2 Å². The quantitative estimate of drug-likeness (QED) is 0.198. The number of nitrogens with two attached hydrogens (primary N) is 2. The van der Waals surface area contributed by atoms with Gasteiger partial charge in [-0.15, -0.1) is 0 Å². The summed E-state index contributed by atoms with van der Waals surface area (Å²) in [6, 6.07) is 6.81. The molecule has 0 radical (unpaired) electrons. The van der Waals surface area contributed by atoms with Crippen molar-refractivity contribution >= 4 is 23.3 Å². The van der Waals surface area contributed by atoms with Crippen LogP contribution in [0.15, 0.2) is 66.4 Å². The van der Waals surface area contributed by atoms with Crippen LogP contribution in [0, 0.1) is 10.8 Å². The molecule has 1 aliphatic carbocycles. The molecule has 0 saturated heterocycles. The molecule has 1 unspecified atom stereocenters. The highest BCUT2D eigenvalue weighted by atomic mass is 16.6. The van der Waals surface area contributed by atoms with Gasteiger partial charge in [-0.25, -0.2) is 9.97 Å². The number of anilines is 2. The van der Waals surface area contributed by atoms with Crippen molar-refractivity contribution in [1.29, 1.82) is 5.41 Å². The molecule has 0 bridgehead atoms. The van der Waals surface area contributed by atoms with Crippen molar-refractivity contribution in [3.05, 3.63) is 83.0 Å². The molecule has 2 aromatic rings. The first kappa shape index (κ1) is 27.4. The van der Waals surface area contributed by atoms with Crippen molar-refractivity contribution in [3.63, 3.8) is 0 Å². The number of aromatic nitrogens is 2. The molecule has 1 amide bonds. The monoisotopic (exact) mass is 504 g/mol. The first-order valence-electron chi connectivity index (χ1n) is 12.0. The number of amides is 1. The summed E-state index contributed by atoms with van der Waals surface area (Å²) in [4.78, 5) is 27.1. The van der Waals surface area contributed by atoms with E-state index in [0.717, 1.165) is 11.5 Å². The van der Waals surface area contributed by atoms with Gasteiger partial charge in [-0.1, -0.05) is 45.1 Å². The Labute approximate surface area is 218 Å². The average Bonchev–Trinajstić information content (AvgIpc) is 2.86. The molecule has 0 fully saturated rings. The van der Waals surface area contributed by atoms with Crippen molar-refractivity contribution in [2.75, 3.05) is 31.7 Å². The lowest BCUT2D eigenvalue weighted by atomic mass is 9.93. The van der Waals surface area contributed by atoms with Crippen molar-refractivity contribution in [3.8, 4) is 0 Å². The number of hydrogen-bond acceptors (Lipinski definition) is 9. The zero-order valence-corrected chi connectivity index (χ0v) is 22.0. The summed E-state index contributed by atoms with van der Waals surface area (Å²) in [5, 5.41) is 15.5. The molecular formula is C27H36N8O2. The van der Waals surface area contributed by atoms with Crippen LogP contribution in [0.3, 0.4) is 0 Å². The minimum absolute atomic E-state index is 0.0421. The largest absolute Gasteiger partial charge is 0.416 e. The summed E-state index contributed by atoms with van der Waals surface area (Å²) in [5.41, 5.74) is 8.72. The van der Waals surface area contributed by atoms with Crippen LogP contribution in [0.25, 0.3) is 0 Å². The van der Waals surface area contributed by atoms with E-state index in [9.17, 15) is 4.79 Å². The number of allylic oxidation sites excluding steroid dienone is 2. The zero-order chi connectivity index (χ0) is 27.2. The summed E-state index contributed by atoms with van der Waals surface area (Å²) < 4.78 is 0. The molecule has 0 spiro atoms. The Hall–Kier alpha value is -4.18. The Morgan fingerprint density at radius 3 is 2.46 bits per heavy atom. The maximum Gasteiger partial charge on any atom is 0.253 e. The van der Waals surface area contributed by atoms with E-state index in [2.05, 4.69) is 26.7 Å². The molecule has 3 rings (SSSR count). The van der Waals surface area contributed by atoms with Gasteiger partial charge in [-0.2, -0.15) is 5.90 Å². The number of carbonyl (C=O) groups excluding carboxylic acids is 1. The first-order valence-corrected chi connectivity index (χ1v) is 12.0. The lowest BCUT2D eigenvalue weighted by Crippen LogP contribution is -2.24. The van der Waals surface area contributed by atoms with Gasteiger partial charge in [0.05, 0.1) is 11.3 Å². The topological polar surface area (TPSA) is 155 Å². The van der Waals surface area contributed by atoms with Crippen LogP contribution in [0.1, 0.15) is 48.7 Å². The van der Waals surface area contributed by atoms with E-state index in [-0.39, 0.29) is 28.9 Å². The highest BCUT2D eigenvalue weighted by molar-refractivity contribution is 6.16. The highest BCUT2D eigenvalue weighted by Gasteiger charge is 2.20. The minimum Gasteiger partial charge on any atom is -0.416 e. The number of carbonyl (C=O) groups is 1. The Morgan fingerprint density at radius 1 is 1.22 bits per heavy atom. The predicted octanol–water partition coefficient (Wildman–Crippen LogP) is 3.21. The molecule has 0 saturated carbocycles. The Bertz CT molecular complexity index is 1220. The zero-order valence-electron chi connectivity index (χ0n) is 22.0. The highest BCUT2D eigenvalue weighted by Crippen LogP contribution is 2.25. The molecule has 0 aliphatic heterocycles. The molecular weight excluding hydrogens is 468 g/mol. The molecule has 196 valence electrons. The molecule has 1 aromatic carbocycles. The number of benzene rings is 1. The number of hydrogen-bond donors (Lipinski definition) is 5. The van der Waals surface area contributed by atoms with Crippen molar-refractivity contribution in [1.82, 2.24) is 20.2 Å². The summed E-state index contributed by atoms with van der Waals surface area (Å²) >= 11 is 0. The normalized spacial score (nSPS) is 15.6. The van der Waals surface area contributed by atoms with Crippen LogP contribution in [0.2, 0.25) is 0 Å². The molecule has 10 nitrogen and oxygen atoms in total. The van der Waals surface area contributed by atoms with Crippen LogP contribution in [0.5, 0.6) is 0 Å². The molecule has 10 heteroatoms. The van der Waals surface area contributed by atoms with E-state index in [0.29, 0.717) is 35.5 Å². The van der Waals surface area contributed by atoms with Gasteiger partial charge in [-0.05, 0) is 30.7 Å². The fraction of sp³-hybridized carbons (Fsp3) is 0.333. The van der Waals surface area contributed by atoms with Gasteiger partial charge >= 0.3 is 0 Å². The van der Waals surface area contributed by atoms with Crippen LogP contribution < -0.4 is 22.3 Å². The van der Waals surface area contributed by atoms with Crippen molar-refractivity contribution in [2.24, 2.45) is 11.3 Å². The predicted molar refractivity (Wildman–Crippen MR) is 147 cm³/mol. The van der Waals surface area contributed by atoms with E-state index < -0.39 is 0 Å². The van der Waals surface area contributed by atoms with Gasteiger partial charge in [0.1, 0.15) is 23.7 Å². The van der Waals surface area contributed by atoms with Gasteiger partial charge in [0.25, 0.3) is 5.91 Å². The summed E-state index contributed by atoms with van der Waals surface area (Å²) in [6.45, 7) is 6.70. The smallest absolute Gasteiger partial charge is 0.253 e.